The molecule has 33 heavy (non-hydrogen) atoms. The Hall–Kier alpha value is -3.58. The fourth-order valence-electron chi connectivity index (χ4n) is 3.29. The third-order valence-corrected chi connectivity index (χ3v) is 6.50. The molecule has 0 aliphatic heterocycles. The Morgan fingerprint density at radius 3 is 1.58 bits per heavy atom. The van der Waals surface area contributed by atoms with Crippen molar-refractivity contribution in [2.45, 2.75) is 9.79 Å². The summed E-state index contributed by atoms with van der Waals surface area (Å²) in [6, 6.07) is 17.7. The van der Waals surface area contributed by atoms with Gasteiger partial charge < -0.3 is 4.74 Å². The number of hydrogen-bond acceptors (Lipinski definition) is 7. The van der Waals surface area contributed by atoms with Gasteiger partial charge in [0.2, 0.25) is 0 Å². The summed E-state index contributed by atoms with van der Waals surface area (Å²) in [6.07, 6.45) is 0. The largest absolute Gasteiger partial charge is 0.496 e. The highest BCUT2D eigenvalue weighted by molar-refractivity contribution is 7.86. The number of non-ortho nitro benzene ring substituents is 1. The molecule has 0 amide bonds. The Morgan fingerprint density at radius 1 is 0.697 bits per heavy atom. The number of rotatable bonds is 4. The Morgan fingerprint density at radius 2 is 1.12 bits per heavy atom. The maximum Gasteiger partial charge on any atom is 0.295 e. The normalized spacial score (nSPS) is 11.6. The maximum absolute atomic E-state index is 11.2. The molecular formula is C21H17NO9S2. The number of nitro groups is 1. The van der Waals surface area contributed by atoms with Crippen molar-refractivity contribution >= 4 is 47.5 Å². The molecule has 172 valence electrons. The van der Waals surface area contributed by atoms with Crippen molar-refractivity contribution in [3.05, 3.63) is 82.9 Å². The molecule has 0 atom stereocenters. The highest BCUT2D eigenvalue weighted by Gasteiger charge is 2.20. The molecule has 12 heteroatoms. The van der Waals surface area contributed by atoms with Gasteiger partial charge in [-0.25, -0.2) is 0 Å². The third-order valence-electron chi connectivity index (χ3n) is 4.68. The maximum atomic E-state index is 11.2. The summed E-state index contributed by atoms with van der Waals surface area (Å²) in [5.41, 5.74) is -0.201. The molecule has 4 aromatic carbocycles. The first-order valence-electron chi connectivity index (χ1n) is 9.12. The molecule has 0 saturated heterocycles. The Kier molecular flexibility index (Phi) is 6.65. The topological polar surface area (TPSA) is 161 Å². The summed E-state index contributed by atoms with van der Waals surface area (Å²) < 4.78 is 67.8. The number of fused-ring (bicyclic) bond motifs is 2. The van der Waals surface area contributed by atoms with E-state index in [2.05, 4.69) is 0 Å². The molecule has 4 aromatic rings. The molecule has 0 saturated carbocycles. The lowest BCUT2D eigenvalue weighted by atomic mass is 10.1. The molecule has 0 fully saturated rings. The zero-order chi connectivity index (χ0) is 24.4. The molecule has 0 aromatic heterocycles. The Bertz CT molecular complexity index is 1580. The molecule has 0 heterocycles. The minimum atomic E-state index is -4.39. The van der Waals surface area contributed by atoms with Gasteiger partial charge in [0.1, 0.15) is 15.5 Å². The summed E-state index contributed by atoms with van der Waals surface area (Å²) >= 11 is 0. The van der Waals surface area contributed by atoms with Gasteiger partial charge in [0.15, 0.2) is 0 Å². The summed E-state index contributed by atoms with van der Waals surface area (Å²) in [4.78, 5) is 9.73. The molecule has 4 rings (SSSR count). The molecule has 0 spiro atoms. The van der Waals surface area contributed by atoms with Gasteiger partial charge in [0.25, 0.3) is 25.9 Å². The molecule has 0 aliphatic rings. The minimum Gasteiger partial charge on any atom is -0.496 e. The molecule has 0 unspecified atom stereocenters. The molecule has 0 aliphatic carbocycles. The van der Waals surface area contributed by atoms with Crippen LogP contribution in [0.1, 0.15) is 0 Å². The van der Waals surface area contributed by atoms with Crippen molar-refractivity contribution in [1.82, 2.24) is 0 Å². The number of hydrogen-bond donors (Lipinski definition) is 2. The number of benzene rings is 4. The summed E-state index contributed by atoms with van der Waals surface area (Å²) in [5, 5.41) is 12.2. The molecule has 2 N–H and O–H groups in total. The zero-order valence-corrected chi connectivity index (χ0v) is 18.6. The summed E-state index contributed by atoms with van der Waals surface area (Å²) in [7, 11) is -7.10. The van der Waals surface area contributed by atoms with Crippen LogP contribution in [0.3, 0.4) is 0 Å². The van der Waals surface area contributed by atoms with Gasteiger partial charge in [-0.3, -0.25) is 19.2 Å². The van der Waals surface area contributed by atoms with E-state index in [1.54, 1.807) is 36.4 Å². The van der Waals surface area contributed by atoms with Crippen LogP contribution in [0.5, 0.6) is 5.75 Å². The SMILES string of the molecule is COc1ccc(S(=O)(=O)O)c2ccccc12.O=[N+]([O-])c1ccc(S(=O)(=O)O)c2ccccc12. The fraction of sp³-hybridized carbons (Fsp3) is 0.0476. The van der Waals surface area contributed by atoms with E-state index in [4.69, 9.17) is 13.8 Å². The minimum absolute atomic E-state index is 0.107. The van der Waals surface area contributed by atoms with E-state index >= 15 is 0 Å². The van der Waals surface area contributed by atoms with Crippen molar-refractivity contribution < 1.29 is 35.6 Å². The van der Waals surface area contributed by atoms with Crippen molar-refractivity contribution in [2.75, 3.05) is 7.11 Å². The second-order valence-electron chi connectivity index (χ2n) is 6.65. The fourth-order valence-corrected chi connectivity index (χ4v) is 4.68. The third kappa shape index (κ3) is 5.09. The van der Waals surface area contributed by atoms with Crippen LogP contribution in [-0.4, -0.2) is 38.0 Å². The standard InChI is InChI=1S/C11H10O4S.C10H7NO5S/c1-15-10-6-7-11(16(12,13)14)9-5-3-2-4-8(9)10;12-11(13)9-5-6-10(17(14,15)16)8-4-2-1-3-7(8)9/h2-7H,1H3,(H,12,13,14);1-6H,(H,14,15,16). The van der Waals surface area contributed by atoms with Crippen molar-refractivity contribution in [1.29, 1.82) is 0 Å². The molecule has 10 nitrogen and oxygen atoms in total. The second kappa shape index (κ2) is 9.11. The first kappa shape index (κ1) is 24.1. The van der Waals surface area contributed by atoms with E-state index in [0.29, 0.717) is 16.5 Å². The lowest BCUT2D eigenvalue weighted by Crippen LogP contribution is -2.00. The first-order valence-corrected chi connectivity index (χ1v) is 12.0. The monoisotopic (exact) mass is 491 g/mol. The highest BCUT2D eigenvalue weighted by Crippen LogP contribution is 2.31. The zero-order valence-electron chi connectivity index (χ0n) is 16.9. The van der Waals surface area contributed by atoms with Crippen LogP contribution in [-0.2, 0) is 20.2 Å². The Labute approximate surface area is 188 Å². The van der Waals surface area contributed by atoms with Crippen LogP contribution in [0.4, 0.5) is 5.69 Å². The lowest BCUT2D eigenvalue weighted by molar-refractivity contribution is -0.383. The van der Waals surface area contributed by atoms with Gasteiger partial charge in [-0.15, -0.1) is 0 Å². The summed E-state index contributed by atoms with van der Waals surface area (Å²) in [5.74, 6) is 0.572. The van der Waals surface area contributed by atoms with Crippen molar-refractivity contribution in [3.8, 4) is 5.75 Å². The van der Waals surface area contributed by atoms with Gasteiger partial charge in [-0.1, -0.05) is 42.5 Å². The average molecular weight is 491 g/mol. The Balaban J connectivity index is 0.000000186. The quantitative estimate of drug-likeness (QED) is 0.243. The van der Waals surface area contributed by atoms with Gasteiger partial charge in [-0.05, 0) is 24.3 Å². The van der Waals surface area contributed by atoms with Crippen LogP contribution < -0.4 is 4.74 Å². The predicted octanol–water partition coefficient (Wildman–Crippen LogP) is 4.09. The number of nitro benzene ring substituents is 1. The van der Waals surface area contributed by atoms with Crippen LogP contribution in [0, 0.1) is 10.1 Å². The molecule has 0 bridgehead atoms. The smallest absolute Gasteiger partial charge is 0.295 e. The van der Waals surface area contributed by atoms with Crippen molar-refractivity contribution in [2.24, 2.45) is 0 Å². The first-order chi connectivity index (χ1) is 15.4. The van der Waals surface area contributed by atoms with E-state index in [1.807, 2.05) is 0 Å². The van der Waals surface area contributed by atoms with Crippen LogP contribution >= 0.6 is 0 Å². The number of methoxy groups -OCH3 is 1. The van der Waals surface area contributed by atoms with E-state index in [0.717, 1.165) is 12.1 Å². The van der Waals surface area contributed by atoms with Crippen LogP contribution in [0.15, 0.2) is 82.6 Å². The predicted molar refractivity (Wildman–Crippen MR) is 121 cm³/mol. The van der Waals surface area contributed by atoms with Crippen LogP contribution in [0.25, 0.3) is 21.5 Å². The van der Waals surface area contributed by atoms with Gasteiger partial charge in [0.05, 0.1) is 17.4 Å². The van der Waals surface area contributed by atoms with E-state index < -0.39 is 25.2 Å². The van der Waals surface area contributed by atoms with Crippen LogP contribution in [0.2, 0.25) is 0 Å². The average Bonchev–Trinajstić information content (AvgIpc) is 2.76. The van der Waals surface area contributed by atoms with E-state index in [9.17, 15) is 26.9 Å². The lowest BCUT2D eigenvalue weighted by Gasteiger charge is -2.08. The van der Waals surface area contributed by atoms with E-state index in [1.165, 1.54) is 31.4 Å². The van der Waals surface area contributed by atoms with Crippen molar-refractivity contribution in [3.63, 3.8) is 0 Å². The van der Waals surface area contributed by atoms with Gasteiger partial charge in [-0.2, -0.15) is 16.8 Å². The molecular weight excluding hydrogens is 474 g/mol. The number of ether oxygens (including phenoxy) is 1. The number of nitrogens with zero attached hydrogens (tertiary/aromatic N) is 1. The highest BCUT2D eigenvalue weighted by atomic mass is 32.2. The van der Waals surface area contributed by atoms with Gasteiger partial charge >= 0.3 is 0 Å². The van der Waals surface area contributed by atoms with E-state index in [-0.39, 0.29) is 26.3 Å². The second-order valence-corrected chi connectivity index (χ2v) is 9.43. The summed E-state index contributed by atoms with van der Waals surface area (Å²) in [6.45, 7) is 0. The van der Waals surface area contributed by atoms with Gasteiger partial charge in [0, 0.05) is 22.2 Å². The molecule has 0 radical (unpaired) electrons.